The maximum atomic E-state index is 12.6. The molecule has 2 aliphatic carbocycles. The first-order valence-electron chi connectivity index (χ1n) is 8.96. The van der Waals surface area contributed by atoms with Crippen molar-refractivity contribution in [3.05, 3.63) is 64.7 Å². The van der Waals surface area contributed by atoms with E-state index in [0.717, 1.165) is 17.9 Å². The number of hydrogen-bond acceptors (Lipinski definition) is 2. The molecule has 0 radical (unpaired) electrons. The predicted octanol–water partition coefficient (Wildman–Crippen LogP) is 4.84. The van der Waals surface area contributed by atoms with Crippen LogP contribution in [0, 0.1) is 11.8 Å². The minimum atomic E-state index is 0.000688. The van der Waals surface area contributed by atoms with Gasteiger partial charge in [-0.2, -0.15) is 0 Å². The van der Waals surface area contributed by atoms with Crippen LogP contribution in [0.15, 0.2) is 48.5 Å². The van der Waals surface area contributed by atoms with Gasteiger partial charge in [-0.1, -0.05) is 42.3 Å². The number of carbonyl (C=O) groups is 1. The predicted molar refractivity (Wildman–Crippen MR) is 98.9 cm³/mol. The van der Waals surface area contributed by atoms with Crippen LogP contribution in [0.1, 0.15) is 41.6 Å². The Balaban J connectivity index is 1.39. The molecule has 3 atom stereocenters. The number of rotatable bonds is 5. The van der Waals surface area contributed by atoms with Gasteiger partial charge < -0.3 is 10.1 Å². The second-order valence-electron chi connectivity index (χ2n) is 7.16. The standard InChI is InChI=1S/C21H22ClNO2/c22-19-7-2-1-4-17(19)13-25-18-6-3-5-16(12-18)21(24)23-20-11-14-8-9-15(20)10-14/h1-7,12,14-15,20H,8-11,13H2,(H,23,24)/t14-,15-,20-/m1/s1. The number of amides is 1. The molecule has 2 aromatic rings. The number of benzene rings is 2. The molecule has 2 aliphatic rings. The second-order valence-corrected chi connectivity index (χ2v) is 7.57. The van der Waals surface area contributed by atoms with E-state index in [1.165, 1.54) is 19.3 Å². The second kappa shape index (κ2) is 7.09. The van der Waals surface area contributed by atoms with E-state index in [0.29, 0.717) is 34.9 Å². The zero-order valence-corrected chi connectivity index (χ0v) is 14.8. The van der Waals surface area contributed by atoms with E-state index in [2.05, 4.69) is 5.32 Å². The van der Waals surface area contributed by atoms with Gasteiger partial charge in [0.05, 0.1) is 0 Å². The molecule has 2 aromatic carbocycles. The molecule has 0 heterocycles. The Morgan fingerprint density at radius 1 is 1.12 bits per heavy atom. The molecule has 0 spiro atoms. The van der Waals surface area contributed by atoms with E-state index < -0.39 is 0 Å². The van der Waals surface area contributed by atoms with Gasteiger partial charge in [-0.15, -0.1) is 0 Å². The molecular weight excluding hydrogens is 334 g/mol. The number of carbonyl (C=O) groups excluding carboxylic acids is 1. The van der Waals surface area contributed by atoms with Gasteiger partial charge in [-0.3, -0.25) is 4.79 Å². The monoisotopic (exact) mass is 355 g/mol. The molecule has 0 saturated heterocycles. The summed E-state index contributed by atoms with van der Waals surface area (Å²) in [6.45, 7) is 0.386. The molecule has 2 fully saturated rings. The quantitative estimate of drug-likeness (QED) is 0.833. The van der Waals surface area contributed by atoms with Crippen molar-refractivity contribution in [2.75, 3.05) is 0 Å². The number of halogens is 1. The third-order valence-corrected chi connectivity index (χ3v) is 5.87. The summed E-state index contributed by atoms with van der Waals surface area (Å²) in [5.74, 6) is 2.18. The lowest BCUT2D eigenvalue weighted by atomic mass is 9.95. The molecule has 3 nitrogen and oxygen atoms in total. The lowest BCUT2D eigenvalue weighted by Crippen LogP contribution is -2.38. The van der Waals surface area contributed by atoms with Crippen LogP contribution < -0.4 is 10.1 Å². The highest BCUT2D eigenvalue weighted by molar-refractivity contribution is 6.31. The number of fused-ring (bicyclic) bond motifs is 2. The van der Waals surface area contributed by atoms with Crippen molar-refractivity contribution < 1.29 is 9.53 Å². The zero-order chi connectivity index (χ0) is 17.2. The molecule has 1 amide bonds. The van der Waals surface area contributed by atoms with Crippen LogP contribution in [-0.4, -0.2) is 11.9 Å². The van der Waals surface area contributed by atoms with Crippen molar-refractivity contribution in [1.82, 2.24) is 5.32 Å². The lowest BCUT2D eigenvalue weighted by molar-refractivity contribution is 0.0922. The number of nitrogens with one attached hydrogen (secondary N) is 1. The van der Waals surface area contributed by atoms with E-state index in [-0.39, 0.29) is 5.91 Å². The Morgan fingerprint density at radius 2 is 2.00 bits per heavy atom. The lowest BCUT2D eigenvalue weighted by Gasteiger charge is -2.23. The third kappa shape index (κ3) is 3.67. The smallest absolute Gasteiger partial charge is 0.251 e. The number of hydrogen-bond donors (Lipinski definition) is 1. The summed E-state index contributed by atoms with van der Waals surface area (Å²) in [5.41, 5.74) is 1.58. The van der Waals surface area contributed by atoms with Crippen LogP contribution in [0.2, 0.25) is 5.02 Å². The van der Waals surface area contributed by atoms with Crippen LogP contribution in [0.4, 0.5) is 0 Å². The van der Waals surface area contributed by atoms with Gasteiger partial charge in [-0.05, 0) is 55.4 Å². The normalized spacial score (nSPS) is 24.3. The Bertz CT molecular complexity index is 776. The summed E-state index contributed by atoms with van der Waals surface area (Å²) < 4.78 is 5.82. The average molecular weight is 356 g/mol. The van der Waals surface area contributed by atoms with Gasteiger partial charge in [-0.25, -0.2) is 0 Å². The Kier molecular flexibility index (Phi) is 4.67. The van der Waals surface area contributed by atoms with Gasteiger partial charge in [0, 0.05) is 22.2 Å². The first-order valence-corrected chi connectivity index (χ1v) is 9.34. The minimum absolute atomic E-state index is 0.000688. The number of ether oxygens (including phenoxy) is 1. The van der Waals surface area contributed by atoms with Gasteiger partial charge in [0.1, 0.15) is 12.4 Å². The van der Waals surface area contributed by atoms with E-state index in [1.54, 1.807) is 6.07 Å². The first kappa shape index (κ1) is 16.5. The average Bonchev–Trinajstić information content (AvgIpc) is 3.24. The Labute approximate surface area is 153 Å². The molecule has 1 N–H and O–H groups in total. The van der Waals surface area contributed by atoms with Crippen molar-refractivity contribution >= 4 is 17.5 Å². The van der Waals surface area contributed by atoms with Crippen LogP contribution >= 0.6 is 11.6 Å². The zero-order valence-electron chi connectivity index (χ0n) is 14.1. The highest BCUT2D eigenvalue weighted by Crippen LogP contribution is 2.44. The fraction of sp³-hybridized carbons (Fsp3) is 0.381. The Hall–Kier alpha value is -2.00. The van der Waals surface area contributed by atoms with Gasteiger partial charge in [0.15, 0.2) is 0 Å². The van der Waals surface area contributed by atoms with Crippen LogP contribution in [0.25, 0.3) is 0 Å². The summed E-state index contributed by atoms with van der Waals surface area (Å²) in [6, 6.07) is 15.3. The topological polar surface area (TPSA) is 38.3 Å². The molecule has 0 aliphatic heterocycles. The summed E-state index contributed by atoms with van der Waals surface area (Å²) in [4.78, 5) is 12.6. The molecule has 2 saturated carbocycles. The van der Waals surface area contributed by atoms with Crippen LogP contribution in [-0.2, 0) is 6.61 Å². The maximum Gasteiger partial charge on any atom is 0.251 e. The van der Waals surface area contributed by atoms with E-state index in [9.17, 15) is 4.79 Å². The summed E-state index contributed by atoms with van der Waals surface area (Å²) in [6.07, 6.45) is 5.02. The fourth-order valence-electron chi connectivity index (χ4n) is 4.18. The summed E-state index contributed by atoms with van der Waals surface area (Å²) in [5, 5.41) is 3.91. The van der Waals surface area contributed by atoms with Gasteiger partial charge in [0.2, 0.25) is 0 Å². The SMILES string of the molecule is O=C(N[C@@H]1C[C@@H]2CC[C@@H]1C2)c1cccc(OCc2ccccc2Cl)c1. The third-order valence-electron chi connectivity index (χ3n) is 5.50. The summed E-state index contributed by atoms with van der Waals surface area (Å²) >= 11 is 6.15. The van der Waals surface area contributed by atoms with Gasteiger partial charge in [0.25, 0.3) is 5.91 Å². The van der Waals surface area contributed by atoms with E-state index in [1.807, 2.05) is 42.5 Å². The van der Waals surface area contributed by atoms with Crippen LogP contribution in [0.5, 0.6) is 5.75 Å². The first-order chi connectivity index (χ1) is 12.2. The minimum Gasteiger partial charge on any atom is -0.489 e. The van der Waals surface area contributed by atoms with Crippen molar-refractivity contribution in [1.29, 1.82) is 0 Å². The molecular formula is C21H22ClNO2. The fourth-order valence-corrected chi connectivity index (χ4v) is 4.37. The molecule has 2 bridgehead atoms. The highest BCUT2D eigenvalue weighted by Gasteiger charge is 2.40. The summed E-state index contributed by atoms with van der Waals surface area (Å²) in [7, 11) is 0. The van der Waals surface area contributed by atoms with Crippen LogP contribution in [0.3, 0.4) is 0 Å². The van der Waals surface area contributed by atoms with Gasteiger partial charge >= 0.3 is 0 Å². The highest BCUT2D eigenvalue weighted by atomic mass is 35.5. The molecule has 25 heavy (non-hydrogen) atoms. The van der Waals surface area contributed by atoms with E-state index in [4.69, 9.17) is 16.3 Å². The largest absolute Gasteiger partial charge is 0.489 e. The van der Waals surface area contributed by atoms with Crippen molar-refractivity contribution in [3.8, 4) is 5.75 Å². The van der Waals surface area contributed by atoms with Crippen molar-refractivity contribution in [2.45, 2.75) is 38.3 Å². The molecule has 0 aromatic heterocycles. The van der Waals surface area contributed by atoms with E-state index >= 15 is 0 Å². The molecule has 0 unspecified atom stereocenters. The molecule has 130 valence electrons. The van der Waals surface area contributed by atoms with Crippen molar-refractivity contribution in [3.63, 3.8) is 0 Å². The Morgan fingerprint density at radius 3 is 2.76 bits per heavy atom. The molecule has 4 rings (SSSR count). The maximum absolute atomic E-state index is 12.6. The molecule has 4 heteroatoms. The van der Waals surface area contributed by atoms with Crippen molar-refractivity contribution in [2.24, 2.45) is 11.8 Å².